The van der Waals surface area contributed by atoms with Gasteiger partial charge in [-0.25, -0.2) is 9.18 Å². The molecule has 38 heavy (non-hydrogen) atoms. The van der Waals surface area contributed by atoms with Crippen LogP contribution < -0.4 is 5.32 Å². The first-order valence-electron chi connectivity index (χ1n) is 12.3. The molecule has 2 fully saturated rings. The van der Waals surface area contributed by atoms with E-state index in [9.17, 15) is 28.7 Å². The first-order chi connectivity index (χ1) is 18.2. The summed E-state index contributed by atoms with van der Waals surface area (Å²) >= 11 is 0. The summed E-state index contributed by atoms with van der Waals surface area (Å²) in [6.07, 6.45) is 4.98. The van der Waals surface area contributed by atoms with Gasteiger partial charge < -0.3 is 15.3 Å². The third kappa shape index (κ3) is 5.53. The number of Topliss-reactive ketones (excluding diaryl/α,β-unsaturated/α-hetero) is 1. The highest BCUT2D eigenvalue weighted by molar-refractivity contribution is 5.95. The Bertz CT molecular complexity index is 1250. The number of nitrogens with zero attached hydrogens (tertiary/aromatic N) is 3. The molecule has 9 nitrogen and oxygen atoms in total. The van der Waals surface area contributed by atoms with Crippen molar-refractivity contribution in [3.63, 3.8) is 0 Å². The minimum Gasteiger partial charge on any atom is -0.481 e. The van der Waals surface area contributed by atoms with Gasteiger partial charge in [0.15, 0.2) is 5.78 Å². The lowest BCUT2D eigenvalue weighted by Gasteiger charge is -2.53. The van der Waals surface area contributed by atoms with Gasteiger partial charge in [0.05, 0.1) is 43.4 Å². The number of hydrogen-bond donors (Lipinski definition) is 2. The number of likely N-dealkylation sites (tertiary alicyclic amines) is 1. The second kappa shape index (κ2) is 11.4. The first kappa shape index (κ1) is 26.8. The van der Waals surface area contributed by atoms with E-state index in [1.807, 2.05) is 30.3 Å². The molecular formula is C28H29FN4O5. The highest BCUT2D eigenvalue weighted by Gasteiger charge is 2.54. The number of terminal acetylenes is 1. The number of aliphatic carboxylic acids is 1. The molecule has 3 amide bonds. The molecule has 4 rings (SSSR count). The van der Waals surface area contributed by atoms with Gasteiger partial charge >= 0.3 is 12.0 Å². The average molecular weight is 521 g/mol. The quantitative estimate of drug-likeness (QED) is 0.543. The van der Waals surface area contributed by atoms with Crippen LogP contribution in [-0.2, 0) is 20.9 Å². The number of piperidine rings is 1. The Morgan fingerprint density at radius 2 is 1.84 bits per heavy atom. The van der Waals surface area contributed by atoms with Crippen molar-refractivity contribution < 1.29 is 28.7 Å². The average Bonchev–Trinajstić information content (AvgIpc) is 2.89. The van der Waals surface area contributed by atoms with Crippen molar-refractivity contribution in [1.29, 1.82) is 0 Å². The summed E-state index contributed by atoms with van der Waals surface area (Å²) in [5.41, 5.74) is 1.50. The van der Waals surface area contributed by atoms with Crippen LogP contribution in [0.2, 0.25) is 0 Å². The first-order valence-corrected chi connectivity index (χ1v) is 12.3. The van der Waals surface area contributed by atoms with E-state index < -0.39 is 54.1 Å². The van der Waals surface area contributed by atoms with Crippen molar-refractivity contribution in [3.8, 4) is 12.3 Å². The molecule has 10 heteroatoms. The van der Waals surface area contributed by atoms with Crippen LogP contribution in [0.3, 0.4) is 0 Å². The van der Waals surface area contributed by atoms with Crippen molar-refractivity contribution in [2.45, 2.75) is 32.0 Å². The lowest BCUT2D eigenvalue weighted by atomic mass is 9.74. The fourth-order valence-corrected chi connectivity index (χ4v) is 5.32. The van der Waals surface area contributed by atoms with E-state index in [0.717, 1.165) is 5.56 Å². The molecule has 2 heterocycles. The fraction of sp³-hybridized carbons (Fsp3) is 0.357. The van der Waals surface area contributed by atoms with E-state index in [1.54, 1.807) is 19.1 Å². The van der Waals surface area contributed by atoms with Gasteiger partial charge in [-0.2, -0.15) is 5.01 Å². The normalized spacial score (nSPS) is 22.4. The summed E-state index contributed by atoms with van der Waals surface area (Å²) in [6.45, 7) is 1.69. The summed E-state index contributed by atoms with van der Waals surface area (Å²) in [5, 5.41) is 15.3. The van der Waals surface area contributed by atoms with Crippen molar-refractivity contribution in [2.75, 3.05) is 19.6 Å². The molecule has 2 unspecified atom stereocenters. The number of ketones is 1. The standard InChI is InChI=1S/C28H29FN4O5/c1-3-13-31-17-24(34)26-22(14-25(35)36)27(37)32(18(2)20-9-11-21(29)12-10-20)16-23(26)33(31)28(38)30-15-19-7-5-4-6-8-19/h1,4-12,18,22-23,26H,13-17H2,2H3,(H,30,38)(H,35,36)/t18?,22-,23+,26?/m1/s1. The number of hydrogen-bond acceptors (Lipinski definition) is 5. The van der Waals surface area contributed by atoms with Crippen molar-refractivity contribution in [1.82, 2.24) is 20.2 Å². The predicted molar refractivity (Wildman–Crippen MR) is 135 cm³/mol. The maximum atomic E-state index is 13.6. The van der Waals surface area contributed by atoms with Crippen LogP contribution in [0.5, 0.6) is 0 Å². The fourth-order valence-electron chi connectivity index (χ4n) is 5.32. The van der Waals surface area contributed by atoms with Crippen LogP contribution in [0.15, 0.2) is 54.6 Å². The second-order valence-corrected chi connectivity index (χ2v) is 9.50. The third-order valence-electron chi connectivity index (χ3n) is 7.14. The van der Waals surface area contributed by atoms with Crippen LogP contribution in [0.4, 0.5) is 9.18 Å². The molecule has 0 bridgehead atoms. The Hall–Kier alpha value is -4.23. The Morgan fingerprint density at radius 1 is 1.16 bits per heavy atom. The summed E-state index contributed by atoms with van der Waals surface area (Å²) in [5.74, 6) is -2.19. The molecule has 0 saturated carbocycles. The van der Waals surface area contributed by atoms with E-state index in [1.165, 1.54) is 27.1 Å². The van der Waals surface area contributed by atoms with Gasteiger partial charge in [0, 0.05) is 13.1 Å². The Balaban J connectivity index is 1.70. The Kier molecular flexibility index (Phi) is 8.08. The van der Waals surface area contributed by atoms with Gasteiger partial charge in [-0.1, -0.05) is 48.4 Å². The number of rotatable bonds is 7. The number of urea groups is 1. The molecule has 2 aromatic rings. The maximum Gasteiger partial charge on any atom is 0.332 e. The number of carboxylic acids is 1. The second-order valence-electron chi connectivity index (χ2n) is 9.50. The molecule has 2 aliphatic heterocycles. The van der Waals surface area contributed by atoms with Crippen LogP contribution in [0.25, 0.3) is 0 Å². The summed E-state index contributed by atoms with van der Waals surface area (Å²) in [7, 11) is 0. The molecule has 2 aromatic carbocycles. The lowest BCUT2D eigenvalue weighted by molar-refractivity contribution is -0.171. The molecule has 2 aliphatic rings. The van der Waals surface area contributed by atoms with Gasteiger partial charge in [0.25, 0.3) is 0 Å². The molecule has 0 aliphatic carbocycles. The molecule has 2 N–H and O–H groups in total. The maximum absolute atomic E-state index is 13.6. The summed E-state index contributed by atoms with van der Waals surface area (Å²) in [4.78, 5) is 53.7. The van der Waals surface area contributed by atoms with Gasteiger partial charge in [-0.05, 0) is 30.2 Å². The molecule has 0 aromatic heterocycles. The largest absolute Gasteiger partial charge is 0.481 e. The summed E-state index contributed by atoms with van der Waals surface area (Å²) < 4.78 is 13.5. The van der Waals surface area contributed by atoms with Crippen molar-refractivity contribution in [3.05, 3.63) is 71.5 Å². The topological polar surface area (TPSA) is 110 Å². The highest BCUT2D eigenvalue weighted by atomic mass is 19.1. The van der Waals surface area contributed by atoms with Gasteiger partial charge in [-0.3, -0.25) is 19.4 Å². The molecular weight excluding hydrogens is 491 g/mol. The summed E-state index contributed by atoms with van der Waals surface area (Å²) in [6, 6.07) is 13.0. The molecule has 0 radical (unpaired) electrons. The lowest BCUT2D eigenvalue weighted by Crippen LogP contribution is -2.71. The van der Waals surface area contributed by atoms with E-state index in [4.69, 9.17) is 6.42 Å². The minimum absolute atomic E-state index is 0.0241. The molecule has 2 saturated heterocycles. The van der Waals surface area contributed by atoms with Gasteiger partial charge in [-0.15, -0.1) is 6.42 Å². The SMILES string of the molecule is C#CCN1CC(=O)C2[C@@H](CC(=O)O)C(=O)N(C(C)c3ccc(F)cc3)C[C@@H]2N1C(=O)NCc1ccccc1. The zero-order chi connectivity index (χ0) is 27.4. The van der Waals surface area contributed by atoms with Crippen molar-refractivity contribution in [2.24, 2.45) is 11.8 Å². The van der Waals surface area contributed by atoms with E-state index in [0.29, 0.717) is 5.56 Å². The number of nitrogens with one attached hydrogen (secondary N) is 1. The smallest absolute Gasteiger partial charge is 0.332 e. The Morgan fingerprint density at radius 3 is 2.47 bits per heavy atom. The monoisotopic (exact) mass is 520 g/mol. The molecule has 0 spiro atoms. The van der Waals surface area contributed by atoms with Crippen LogP contribution in [-0.4, -0.2) is 69.4 Å². The van der Waals surface area contributed by atoms with Gasteiger partial charge in [0.1, 0.15) is 5.82 Å². The number of carboxylic acid groups (broad SMARTS) is 1. The number of benzene rings is 2. The number of fused-ring (bicyclic) bond motifs is 1. The van der Waals surface area contributed by atoms with E-state index >= 15 is 0 Å². The predicted octanol–water partition coefficient (Wildman–Crippen LogP) is 2.45. The number of amides is 3. The molecule has 4 atom stereocenters. The van der Waals surface area contributed by atoms with Gasteiger partial charge in [0.2, 0.25) is 5.91 Å². The third-order valence-corrected chi connectivity index (χ3v) is 7.14. The number of hydrazine groups is 1. The Labute approximate surface area is 220 Å². The minimum atomic E-state index is -1.22. The molecule has 198 valence electrons. The van der Waals surface area contributed by atoms with E-state index in [-0.39, 0.29) is 32.0 Å². The van der Waals surface area contributed by atoms with Crippen LogP contribution >= 0.6 is 0 Å². The van der Waals surface area contributed by atoms with Crippen LogP contribution in [0.1, 0.15) is 30.5 Å². The number of carbonyl (C=O) groups is 4. The highest BCUT2D eigenvalue weighted by Crippen LogP contribution is 2.38. The van der Waals surface area contributed by atoms with Crippen LogP contribution in [0, 0.1) is 30.0 Å². The van der Waals surface area contributed by atoms with E-state index in [2.05, 4.69) is 11.2 Å². The zero-order valence-corrected chi connectivity index (χ0v) is 20.9. The zero-order valence-electron chi connectivity index (χ0n) is 20.9. The van der Waals surface area contributed by atoms with Crippen molar-refractivity contribution >= 4 is 23.7 Å². The number of carbonyl (C=O) groups excluding carboxylic acids is 3. The number of halogens is 1.